The number of amides is 2. The van der Waals surface area contributed by atoms with Crippen molar-refractivity contribution in [3.05, 3.63) is 52.2 Å². The highest BCUT2D eigenvalue weighted by Crippen LogP contribution is 2.15. The lowest BCUT2D eigenvalue weighted by molar-refractivity contribution is 0.0929. The maximum absolute atomic E-state index is 12.2. The molecule has 2 aromatic rings. The number of thiophene rings is 1. The van der Waals surface area contributed by atoms with Crippen molar-refractivity contribution in [2.75, 3.05) is 5.32 Å². The number of carbonyl (C=O) groups is 2. The summed E-state index contributed by atoms with van der Waals surface area (Å²) < 4.78 is 0. The fourth-order valence-corrected chi connectivity index (χ4v) is 2.41. The molecule has 1 aromatic carbocycles. The highest BCUT2D eigenvalue weighted by Gasteiger charge is 2.13. The van der Waals surface area contributed by atoms with Crippen LogP contribution in [0.1, 0.15) is 40.8 Å². The first-order valence-corrected chi connectivity index (χ1v) is 8.11. The van der Waals surface area contributed by atoms with Crippen LogP contribution in [-0.4, -0.2) is 17.9 Å². The van der Waals surface area contributed by atoms with E-state index >= 15 is 0 Å². The average molecular weight is 316 g/mol. The Kier molecular flexibility index (Phi) is 5.33. The summed E-state index contributed by atoms with van der Waals surface area (Å²) in [4.78, 5) is 24.9. The first-order valence-electron chi connectivity index (χ1n) is 7.23. The van der Waals surface area contributed by atoms with Crippen LogP contribution >= 0.6 is 11.3 Å². The van der Waals surface area contributed by atoms with Crippen molar-refractivity contribution in [3.8, 4) is 0 Å². The predicted octanol–water partition coefficient (Wildman–Crippen LogP) is 3.77. The van der Waals surface area contributed by atoms with E-state index in [0.29, 0.717) is 22.0 Å². The third-order valence-corrected chi connectivity index (χ3v) is 4.35. The molecule has 5 heteroatoms. The second-order valence-electron chi connectivity index (χ2n) is 5.52. The minimum Gasteiger partial charge on any atom is -0.349 e. The van der Waals surface area contributed by atoms with Crippen molar-refractivity contribution >= 4 is 28.8 Å². The van der Waals surface area contributed by atoms with Crippen LogP contribution in [0.25, 0.3) is 0 Å². The van der Waals surface area contributed by atoms with Crippen molar-refractivity contribution < 1.29 is 9.59 Å². The normalized spacial score (nSPS) is 12.0. The summed E-state index contributed by atoms with van der Waals surface area (Å²) in [6.45, 7) is 6.09. The van der Waals surface area contributed by atoms with E-state index in [9.17, 15) is 9.59 Å². The van der Waals surface area contributed by atoms with E-state index in [4.69, 9.17) is 0 Å². The molecule has 0 spiro atoms. The Hall–Kier alpha value is -2.14. The van der Waals surface area contributed by atoms with Crippen LogP contribution in [0.5, 0.6) is 0 Å². The second-order valence-corrected chi connectivity index (χ2v) is 6.47. The molecule has 1 atom stereocenters. The fourth-order valence-electron chi connectivity index (χ4n) is 1.80. The van der Waals surface area contributed by atoms with Gasteiger partial charge in [-0.2, -0.15) is 0 Å². The number of nitrogens with one attached hydrogen (secondary N) is 2. The summed E-state index contributed by atoms with van der Waals surface area (Å²) in [5.41, 5.74) is 1.15. The Labute approximate surface area is 134 Å². The van der Waals surface area contributed by atoms with Gasteiger partial charge < -0.3 is 10.6 Å². The molecule has 0 saturated carbocycles. The van der Waals surface area contributed by atoms with Gasteiger partial charge in [0.2, 0.25) is 0 Å². The molecule has 22 heavy (non-hydrogen) atoms. The number of carbonyl (C=O) groups excluding carboxylic acids is 2. The summed E-state index contributed by atoms with van der Waals surface area (Å²) in [5.74, 6) is 0.0715. The van der Waals surface area contributed by atoms with Gasteiger partial charge in [-0.05, 0) is 42.5 Å². The summed E-state index contributed by atoms with van der Waals surface area (Å²) in [7, 11) is 0. The number of hydrogen-bond acceptors (Lipinski definition) is 3. The molecule has 0 bridgehead atoms. The molecule has 0 aliphatic rings. The summed E-state index contributed by atoms with van der Waals surface area (Å²) >= 11 is 1.38. The molecule has 0 aliphatic carbocycles. The van der Waals surface area contributed by atoms with Crippen molar-refractivity contribution in [3.63, 3.8) is 0 Å². The van der Waals surface area contributed by atoms with Crippen LogP contribution in [0.2, 0.25) is 0 Å². The minimum atomic E-state index is -0.164. The Balaban J connectivity index is 2.06. The second kappa shape index (κ2) is 7.22. The van der Waals surface area contributed by atoms with Gasteiger partial charge in [0.15, 0.2) is 0 Å². The van der Waals surface area contributed by atoms with Crippen molar-refractivity contribution in [2.45, 2.75) is 26.8 Å². The van der Waals surface area contributed by atoms with Crippen LogP contribution in [0.15, 0.2) is 41.8 Å². The van der Waals surface area contributed by atoms with Gasteiger partial charge in [0.25, 0.3) is 11.8 Å². The lowest BCUT2D eigenvalue weighted by Gasteiger charge is -2.17. The zero-order chi connectivity index (χ0) is 16.1. The Morgan fingerprint density at radius 1 is 1.05 bits per heavy atom. The fraction of sp³-hybridized carbons (Fsp3) is 0.294. The highest BCUT2D eigenvalue weighted by atomic mass is 32.1. The molecular weight excluding hydrogens is 296 g/mol. The predicted molar refractivity (Wildman–Crippen MR) is 90.5 cm³/mol. The summed E-state index contributed by atoms with van der Waals surface area (Å²) in [5, 5.41) is 7.61. The van der Waals surface area contributed by atoms with E-state index in [1.165, 1.54) is 11.3 Å². The number of anilines is 1. The molecule has 2 amide bonds. The molecule has 0 radical (unpaired) electrons. The first kappa shape index (κ1) is 16.2. The average Bonchev–Trinajstić information content (AvgIpc) is 3.01. The van der Waals surface area contributed by atoms with Crippen LogP contribution in [-0.2, 0) is 0 Å². The van der Waals surface area contributed by atoms with E-state index in [2.05, 4.69) is 24.5 Å². The quantitative estimate of drug-likeness (QED) is 0.882. The molecule has 4 nitrogen and oxygen atoms in total. The van der Waals surface area contributed by atoms with E-state index in [-0.39, 0.29) is 17.9 Å². The maximum Gasteiger partial charge on any atom is 0.265 e. The summed E-state index contributed by atoms with van der Waals surface area (Å²) in [6.07, 6.45) is 0. The van der Waals surface area contributed by atoms with Crippen molar-refractivity contribution in [1.82, 2.24) is 5.32 Å². The smallest absolute Gasteiger partial charge is 0.265 e. The van der Waals surface area contributed by atoms with Gasteiger partial charge in [-0.15, -0.1) is 11.3 Å². The number of rotatable bonds is 5. The van der Waals surface area contributed by atoms with Gasteiger partial charge >= 0.3 is 0 Å². The molecule has 0 saturated heterocycles. The molecule has 0 aliphatic heterocycles. The first-order chi connectivity index (χ1) is 10.5. The largest absolute Gasteiger partial charge is 0.349 e. The highest BCUT2D eigenvalue weighted by molar-refractivity contribution is 7.12. The molecule has 2 rings (SSSR count). The molecule has 2 N–H and O–H groups in total. The topological polar surface area (TPSA) is 58.2 Å². The maximum atomic E-state index is 12.2. The standard InChI is InChI=1S/C17H20N2O2S/c1-11(2)12(3)18-16(20)13-6-4-7-14(10-13)19-17(21)15-8-5-9-22-15/h4-12H,1-3H3,(H,18,20)(H,19,21)/t12-/m1/s1. The zero-order valence-electron chi connectivity index (χ0n) is 12.9. The van der Waals surface area contributed by atoms with Crippen LogP contribution in [0.4, 0.5) is 5.69 Å². The number of benzene rings is 1. The van der Waals surface area contributed by atoms with Crippen LogP contribution < -0.4 is 10.6 Å². The Bertz CT molecular complexity index is 650. The van der Waals surface area contributed by atoms with Gasteiger partial charge in [-0.25, -0.2) is 0 Å². The zero-order valence-corrected chi connectivity index (χ0v) is 13.7. The van der Waals surface area contributed by atoms with Gasteiger partial charge in [-0.1, -0.05) is 26.0 Å². The van der Waals surface area contributed by atoms with Crippen LogP contribution in [0.3, 0.4) is 0 Å². The Morgan fingerprint density at radius 3 is 2.45 bits per heavy atom. The molecule has 0 unspecified atom stereocenters. The van der Waals surface area contributed by atoms with E-state index in [0.717, 1.165) is 0 Å². The van der Waals surface area contributed by atoms with E-state index in [1.807, 2.05) is 18.4 Å². The lowest BCUT2D eigenvalue weighted by atomic mass is 10.1. The molecule has 1 heterocycles. The third kappa shape index (κ3) is 4.18. The molecule has 116 valence electrons. The molecular formula is C17H20N2O2S. The lowest BCUT2D eigenvalue weighted by Crippen LogP contribution is -2.36. The van der Waals surface area contributed by atoms with E-state index in [1.54, 1.807) is 30.3 Å². The van der Waals surface area contributed by atoms with Gasteiger partial charge in [0, 0.05) is 17.3 Å². The van der Waals surface area contributed by atoms with Crippen molar-refractivity contribution in [2.24, 2.45) is 5.92 Å². The van der Waals surface area contributed by atoms with Gasteiger partial charge in [-0.3, -0.25) is 9.59 Å². The SMILES string of the molecule is CC(C)[C@@H](C)NC(=O)c1cccc(NC(=O)c2cccs2)c1. The molecule has 0 fully saturated rings. The minimum absolute atomic E-state index is 0.0943. The van der Waals surface area contributed by atoms with Crippen LogP contribution in [0, 0.1) is 5.92 Å². The molecule has 1 aromatic heterocycles. The van der Waals surface area contributed by atoms with Gasteiger partial charge in [0.1, 0.15) is 0 Å². The number of hydrogen-bond donors (Lipinski definition) is 2. The Morgan fingerprint density at radius 2 is 1.82 bits per heavy atom. The van der Waals surface area contributed by atoms with Crippen molar-refractivity contribution in [1.29, 1.82) is 0 Å². The van der Waals surface area contributed by atoms with Gasteiger partial charge in [0.05, 0.1) is 4.88 Å². The third-order valence-electron chi connectivity index (χ3n) is 3.49. The van der Waals surface area contributed by atoms with E-state index < -0.39 is 0 Å². The monoisotopic (exact) mass is 316 g/mol. The summed E-state index contributed by atoms with van der Waals surface area (Å²) in [6, 6.07) is 10.7.